The van der Waals surface area contributed by atoms with Crippen LogP contribution >= 0.6 is 0 Å². The van der Waals surface area contributed by atoms with Gasteiger partial charge in [-0.3, -0.25) is 38.5 Å². The molecule has 0 saturated carbocycles. The van der Waals surface area contributed by atoms with E-state index in [0.29, 0.717) is 66.0 Å². The summed E-state index contributed by atoms with van der Waals surface area (Å²) in [6.45, 7) is 8.43. The first-order valence-corrected chi connectivity index (χ1v) is 21.6. The van der Waals surface area contributed by atoms with Crippen molar-refractivity contribution in [1.29, 1.82) is 0 Å². The number of aromatic nitrogens is 3. The molecule has 5 aromatic rings. The van der Waals surface area contributed by atoms with Gasteiger partial charge < -0.3 is 24.4 Å². The molecule has 0 spiro atoms. The summed E-state index contributed by atoms with van der Waals surface area (Å²) in [4.78, 5) is 74.7. The molecule has 2 N–H and O–H groups in total. The van der Waals surface area contributed by atoms with Gasteiger partial charge >= 0.3 is 5.69 Å². The summed E-state index contributed by atoms with van der Waals surface area (Å²) in [5.41, 5.74) is 6.15. The second-order valence-corrected chi connectivity index (χ2v) is 17.1. The second-order valence-electron chi connectivity index (χ2n) is 17.1. The van der Waals surface area contributed by atoms with Crippen LogP contribution in [0.1, 0.15) is 79.0 Å². The highest BCUT2D eigenvalue weighted by Gasteiger charge is 2.33. The van der Waals surface area contributed by atoms with Gasteiger partial charge in [-0.05, 0) is 98.2 Å². The third kappa shape index (κ3) is 7.57. The highest BCUT2D eigenvalue weighted by Crippen LogP contribution is 2.43. The number of amides is 4. The molecule has 0 aliphatic carbocycles. The number of carbonyl (C=O) groups is 4. The van der Waals surface area contributed by atoms with Crippen molar-refractivity contribution >= 4 is 51.3 Å². The molecule has 15 heteroatoms. The summed E-state index contributed by atoms with van der Waals surface area (Å²) < 4.78 is 25.7. The average Bonchev–Trinajstić information content (AvgIpc) is 3.80. The SMILES string of the molecule is COc1cc(N2CCN(CCCc3ccc4c(c3)n(C)c(=O)n4C3CCC(=O)NC3=O)CC2)ccc1-c1cc([C@@H]2CCCN(C(C)=O)C2)c(F)c2[nH]c(C(=O)N3CCC3)cc12. The van der Waals surface area contributed by atoms with Crippen molar-refractivity contribution < 1.29 is 28.3 Å². The Morgan fingerprint density at radius 1 is 0.869 bits per heavy atom. The molecule has 61 heavy (non-hydrogen) atoms. The number of carbonyl (C=O) groups excluding carboxylic acids is 4. The van der Waals surface area contributed by atoms with Crippen LogP contribution in [0.2, 0.25) is 0 Å². The summed E-state index contributed by atoms with van der Waals surface area (Å²) in [6, 6.07) is 15.1. The quantitative estimate of drug-likeness (QED) is 0.189. The Labute approximate surface area is 353 Å². The van der Waals surface area contributed by atoms with Crippen molar-refractivity contribution in [3.05, 3.63) is 81.7 Å². The number of imide groups is 1. The Kier molecular flexibility index (Phi) is 10.9. The fraction of sp³-hybridized carbons (Fsp3) is 0.457. The van der Waals surface area contributed by atoms with E-state index in [0.717, 1.165) is 92.7 Å². The summed E-state index contributed by atoms with van der Waals surface area (Å²) in [5.74, 6) is -0.794. The molecule has 9 rings (SSSR count). The van der Waals surface area contributed by atoms with Crippen molar-refractivity contribution in [3.63, 3.8) is 0 Å². The van der Waals surface area contributed by atoms with Gasteiger partial charge in [0.1, 0.15) is 17.5 Å². The maximum atomic E-state index is 16.6. The normalized spacial score (nSPS) is 20.0. The average molecular weight is 833 g/mol. The van der Waals surface area contributed by atoms with Gasteiger partial charge in [0.2, 0.25) is 17.7 Å². The lowest BCUT2D eigenvalue weighted by atomic mass is 9.86. The minimum absolute atomic E-state index is 0.0163. The molecule has 6 heterocycles. The van der Waals surface area contributed by atoms with Gasteiger partial charge in [-0.1, -0.05) is 6.07 Å². The van der Waals surface area contributed by atoms with Crippen LogP contribution in [0.25, 0.3) is 33.1 Å². The van der Waals surface area contributed by atoms with Crippen LogP contribution in [0.5, 0.6) is 5.75 Å². The number of anilines is 1. The second kappa shape index (κ2) is 16.5. The molecular formula is C46H53FN8O6. The third-order valence-corrected chi connectivity index (χ3v) is 13.4. The largest absolute Gasteiger partial charge is 0.496 e. The number of imidazole rings is 1. The molecule has 14 nitrogen and oxygen atoms in total. The van der Waals surface area contributed by atoms with E-state index >= 15 is 4.39 Å². The van der Waals surface area contributed by atoms with Crippen molar-refractivity contribution in [3.8, 4) is 16.9 Å². The Balaban J connectivity index is 0.890. The minimum atomic E-state index is -0.703. The number of rotatable bonds is 10. The molecule has 0 bridgehead atoms. The van der Waals surface area contributed by atoms with Crippen LogP contribution in [0.3, 0.4) is 0 Å². The van der Waals surface area contributed by atoms with E-state index in [1.54, 1.807) is 41.5 Å². The molecule has 2 aromatic heterocycles. The third-order valence-electron chi connectivity index (χ3n) is 13.4. The van der Waals surface area contributed by atoms with Gasteiger partial charge in [-0.15, -0.1) is 0 Å². The zero-order chi connectivity index (χ0) is 42.5. The number of likely N-dealkylation sites (tertiary alicyclic amines) is 2. The standard InChI is InChI=1S/C46H53FN8O6/c1-28(56)54-16-5-8-30(27-54)33-25-34(35-26-36(48-43(35)42(33)47)45(59)53-17-6-18-53)32-11-10-31(24-40(32)61-3)52-21-19-51(20-22-52)15-4-7-29-9-12-37-39(23-29)50(2)46(60)55(37)38-13-14-41(57)49-44(38)58/h9-12,23-26,30,38,48H,4-8,13-22,27H2,1-3H3,(H,49,57,58)/t30-,38?/m1/s1. The fourth-order valence-corrected chi connectivity index (χ4v) is 9.75. The van der Waals surface area contributed by atoms with Crippen LogP contribution in [0.15, 0.2) is 53.3 Å². The Morgan fingerprint density at radius 2 is 1.66 bits per heavy atom. The summed E-state index contributed by atoms with van der Waals surface area (Å²) in [5, 5.41) is 2.99. The number of aryl methyl sites for hydroxylation is 2. The summed E-state index contributed by atoms with van der Waals surface area (Å²) in [7, 11) is 3.37. The van der Waals surface area contributed by atoms with Crippen LogP contribution in [-0.2, 0) is 27.9 Å². The van der Waals surface area contributed by atoms with Crippen LogP contribution in [-0.4, -0.2) is 118 Å². The molecular weight excluding hydrogens is 780 g/mol. The number of benzene rings is 3. The maximum absolute atomic E-state index is 16.6. The Hall–Kier alpha value is -5.96. The van der Waals surface area contributed by atoms with Crippen molar-refractivity contribution in [1.82, 2.24) is 34.1 Å². The number of piperazine rings is 1. The molecule has 4 aliphatic heterocycles. The smallest absolute Gasteiger partial charge is 0.329 e. The highest BCUT2D eigenvalue weighted by molar-refractivity contribution is 6.04. The molecule has 0 radical (unpaired) electrons. The van der Waals surface area contributed by atoms with E-state index in [1.807, 2.05) is 36.4 Å². The summed E-state index contributed by atoms with van der Waals surface area (Å²) in [6.07, 6.45) is 4.80. The fourth-order valence-electron chi connectivity index (χ4n) is 9.75. The Morgan fingerprint density at radius 3 is 2.38 bits per heavy atom. The van der Waals surface area contributed by atoms with Gasteiger partial charge in [0, 0.05) is 101 Å². The van der Waals surface area contributed by atoms with E-state index < -0.39 is 11.9 Å². The number of ether oxygens (including phenoxy) is 1. The number of methoxy groups -OCH3 is 1. The van der Waals surface area contributed by atoms with Gasteiger partial charge in [0.15, 0.2) is 5.82 Å². The molecule has 4 saturated heterocycles. The number of aromatic amines is 1. The number of fused-ring (bicyclic) bond motifs is 2. The monoisotopic (exact) mass is 832 g/mol. The van der Waals surface area contributed by atoms with Gasteiger partial charge in [0.05, 0.1) is 23.7 Å². The zero-order valence-electron chi connectivity index (χ0n) is 35.1. The first kappa shape index (κ1) is 40.4. The van der Waals surface area contributed by atoms with Gasteiger partial charge in [0.25, 0.3) is 5.91 Å². The minimum Gasteiger partial charge on any atom is -0.496 e. The molecule has 4 aliphatic rings. The number of nitrogens with one attached hydrogen (secondary N) is 2. The Bertz CT molecular complexity index is 2620. The molecule has 1 unspecified atom stereocenters. The topological polar surface area (TPSA) is 145 Å². The molecule has 4 fully saturated rings. The number of halogens is 1. The number of nitrogens with zero attached hydrogens (tertiary/aromatic N) is 6. The highest BCUT2D eigenvalue weighted by atomic mass is 19.1. The van der Waals surface area contributed by atoms with E-state index in [1.165, 1.54) is 4.57 Å². The van der Waals surface area contributed by atoms with Crippen molar-refractivity contribution in [2.75, 3.05) is 70.9 Å². The lowest BCUT2D eigenvalue weighted by Crippen LogP contribution is -2.46. The molecule has 3 aromatic carbocycles. The lowest BCUT2D eigenvalue weighted by molar-refractivity contribution is -0.135. The number of piperidine rings is 2. The van der Waals surface area contributed by atoms with E-state index in [2.05, 4.69) is 26.2 Å². The first-order valence-electron chi connectivity index (χ1n) is 21.6. The van der Waals surface area contributed by atoms with Gasteiger partial charge in [-0.2, -0.15) is 0 Å². The maximum Gasteiger partial charge on any atom is 0.329 e. The zero-order valence-corrected chi connectivity index (χ0v) is 35.1. The number of H-pyrrole nitrogens is 1. The lowest BCUT2D eigenvalue weighted by Gasteiger charge is -2.36. The van der Waals surface area contributed by atoms with Crippen LogP contribution in [0, 0.1) is 5.82 Å². The van der Waals surface area contributed by atoms with Crippen molar-refractivity contribution in [2.24, 2.45) is 7.05 Å². The van der Waals surface area contributed by atoms with E-state index in [-0.39, 0.29) is 41.6 Å². The van der Waals surface area contributed by atoms with Gasteiger partial charge in [-0.25, -0.2) is 9.18 Å². The predicted molar refractivity (Wildman–Crippen MR) is 231 cm³/mol. The number of hydrogen-bond donors (Lipinski definition) is 2. The van der Waals surface area contributed by atoms with Crippen LogP contribution in [0.4, 0.5) is 10.1 Å². The molecule has 2 atom stereocenters. The molecule has 320 valence electrons. The number of hydrogen-bond acceptors (Lipinski definition) is 8. The molecule has 4 amide bonds. The van der Waals surface area contributed by atoms with Crippen LogP contribution < -0.4 is 20.6 Å². The first-order chi connectivity index (χ1) is 29.5. The predicted octanol–water partition coefficient (Wildman–Crippen LogP) is 4.94. The van der Waals surface area contributed by atoms with Crippen molar-refractivity contribution in [2.45, 2.75) is 63.8 Å². The van der Waals surface area contributed by atoms with E-state index in [9.17, 15) is 24.0 Å². The summed E-state index contributed by atoms with van der Waals surface area (Å²) >= 11 is 0. The van der Waals surface area contributed by atoms with E-state index in [4.69, 9.17) is 4.74 Å².